The van der Waals surface area contributed by atoms with Crippen molar-refractivity contribution in [3.8, 4) is 0 Å². The molecule has 1 amide bonds. The molecule has 0 atom stereocenters. The standard InChI is InChI=1S/C14H17F3N2O3S/c15-14(16,17)11-5-4-6-12(9-11)23(21,22)18-10-13(20)19-7-2-1-3-8-19/h4-6,9,18H,1-3,7-8,10H2. The lowest BCUT2D eigenvalue weighted by atomic mass is 10.1. The number of likely N-dealkylation sites (tertiary alicyclic amines) is 1. The largest absolute Gasteiger partial charge is 0.416 e. The zero-order valence-electron chi connectivity index (χ0n) is 12.3. The minimum absolute atomic E-state index is 0.375. The van der Waals surface area contributed by atoms with Gasteiger partial charge in [0.25, 0.3) is 0 Å². The van der Waals surface area contributed by atoms with Crippen LogP contribution in [0.25, 0.3) is 0 Å². The fraction of sp³-hybridized carbons (Fsp3) is 0.500. The van der Waals surface area contributed by atoms with Crippen molar-refractivity contribution in [2.75, 3.05) is 19.6 Å². The Labute approximate surface area is 132 Å². The summed E-state index contributed by atoms with van der Waals surface area (Å²) in [6.07, 6.45) is -1.87. The van der Waals surface area contributed by atoms with Crippen LogP contribution < -0.4 is 4.72 Å². The summed E-state index contributed by atoms with van der Waals surface area (Å²) in [5.74, 6) is -0.375. The number of carbonyl (C=O) groups is 1. The first-order valence-electron chi connectivity index (χ1n) is 7.15. The average molecular weight is 350 g/mol. The number of amides is 1. The molecular formula is C14H17F3N2O3S. The molecular weight excluding hydrogens is 333 g/mol. The molecule has 1 fully saturated rings. The Morgan fingerprint density at radius 1 is 1.17 bits per heavy atom. The third-order valence-corrected chi connectivity index (χ3v) is 4.99. The molecule has 1 saturated heterocycles. The van der Waals surface area contributed by atoms with Gasteiger partial charge in [0.15, 0.2) is 0 Å². The maximum atomic E-state index is 12.6. The van der Waals surface area contributed by atoms with E-state index >= 15 is 0 Å². The van der Waals surface area contributed by atoms with Gasteiger partial charge < -0.3 is 4.90 Å². The predicted octanol–water partition coefficient (Wildman–Crippen LogP) is 2.00. The first-order valence-corrected chi connectivity index (χ1v) is 8.63. The molecule has 1 heterocycles. The quantitative estimate of drug-likeness (QED) is 0.903. The first kappa shape index (κ1) is 17.7. The molecule has 128 valence electrons. The normalized spacial score (nSPS) is 16.4. The van der Waals surface area contributed by atoms with Gasteiger partial charge in [-0.1, -0.05) is 6.07 Å². The van der Waals surface area contributed by atoms with E-state index in [9.17, 15) is 26.4 Å². The van der Waals surface area contributed by atoms with Crippen LogP contribution in [0.4, 0.5) is 13.2 Å². The fourth-order valence-electron chi connectivity index (χ4n) is 2.33. The van der Waals surface area contributed by atoms with E-state index in [0.717, 1.165) is 37.5 Å². The average Bonchev–Trinajstić information content (AvgIpc) is 2.53. The number of rotatable bonds is 4. The van der Waals surface area contributed by atoms with Gasteiger partial charge in [-0.05, 0) is 37.5 Å². The number of sulfonamides is 1. The van der Waals surface area contributed by atoms with E-state index in [0.29, 0.717) is 19.2 Å². The van der Waals surface area contributed by atoms with Gasteiger partial charge in [0, 0.05) is 13.1 Å². The number of hydrogen-bond acceptors (Lipinski definition) is 3. The summed E-state index contributed by atoms with van der Waals surface area (Å²) in [5, 5.41) is 0. The summed E-state index contributed by atoms with van der Waals surface area (Å²) >= 11 is 0. The molecule has 23 heavy (non-hydrogen) atoms. The van der Waals surface area contributed by atoms with E-state index < -0.39 is 33.2 Å². The second kappa shape index (κ2) is 6.88. The molecule has 1 aliphatic heterocycles. The Morgan fingerprint density at radius 3 is 2.43 bits per heavy atom. The first-order chi connectivity index (χ1) is 10.7. The molecule has 5 nitrogen and oxygen atoms in total. The van der Waals surface area contributed by atoms with Crippen LogP contribution in [0.5, 0.6) is 0 Å². The molecule has 0 bridgehead atoms. The SMILES string of the molecule is O=C(CNS(=O)(=O)c1cccc(C(F)(F)F)c1)N1CCCCC1. The lowest BCUT2D eigenvalue weighted by Gasteiger charge is -2.26. The molecule has 1 aliphatic rings. The third kappa shape index (κ3) is 4.68. The molecule has 0 spiro atoms. The molecule has 1 aromatic rings. The highest BCUT2D eigenvalue weighted by Gasteiger charge is 2.31. The van der Waals surface area contributed by atoms with E-state index in [1.165, 1.54) is 0 Å². The smallest absolute Gasteiger partial charge is 0.342 e. The zero-order valence-corrected chi connectivity index (χ0v) is 13.1. The van der Waals surface area contributed by atoms with Crippen LogP contribution in [0.2, 0.25) is 0 Å². The number of alkyl halides is 3. The lowest BCUT2D eigenvalue weighted by Crippen LogP contribution is -2.42. The van der Waals surface area contributed by atoms with E-state index in [1.54, 1.807) is 4.90 Å². The predicted molar refractivity (Wildman–Crippen MR) is 77.1 cm³/mol. The summed E-state index contributed by atoms with van der Waals surface area (Å²) in [7, 11) is -4.17. The number of halogens is 3. The second-order valence-electron chi connectivity index (χ2n) is 5.29. The molecule has 0 aliphatic carbocycles. The Morgan fingerprint density at radius 2 is 1.83 bits per heavy atom. The van der Waals surface area contributed by atoms with E-state index in [4.69, 9.17) is 0 Å². The highest BCUT2D eigenvalue weighted by Crippen LogP contribution is 2.30. The summed E-state index contributed by atoms with van der Waals surface area (Å²) in [4.78, 5) is 13.0. The van der Waals surface area contributed by atoms with Crippen LogP contribution in [0.3, 0.4) is 0 Å². The fourth-order valence-corrected chi connectivity index (χ4v) is 3.35. The number of hydrogen-bond donors (Lipinski definition) is 1. The Bertz CT molecular complexity index is 668. The monoisotopic (exact) mass is 350 g/mol. The Balaban J connectivity index is 2.05. The molecule has 1 N–H and O–H groups in total. The van der Waals surface area contributed by atoms with Crippen LogP contribution in [-0.4, -0.2) is 38.9 Å². The van der Waals surface area contributed by atoms with Crippen molar-refractivity contribution in [2.24, 2.45) is 0 Å². The van der Waals surface area contributed by atoms with Crippen LogP contribution in [0, 0.1) is 0 Å². The maximum absolute atomic E-state index is 12.6. The molecule has 2 rings (SSSR count). The minimum atomic E-state index is -4.63. The minimum Gasteiger partial charge on any atom is -0.342 e. The van der Waals surface area contributed by atoms with Gasteiger partial charge in [0.2, 0.25) is 15.9 Å². The molecule has 0 saturated carbocycles. The van der Waals surface area contributed by atoms with Gasteiger partial charge in [-0.2, -0.15) is 13.2 Å². The molecule has 1 aromatic carbocycles. The number of benzene rings is 1. The molecule has 0 unspecified atom stereocenters. The number of nitrogens with zero attached hydrogens (tertiary/aromatic N) is 1. The highest BCUT2D eigenvalue weighted by atomic mass is 32.2. The van der Waals surface area contributed by atoms with Crippen molar-refractivity contribution < 1.29 is 26.4 Å². The van der Waals surface area contributed by atoms with Crippen LogP contribution in [0.15, 0.2) is 29.2 Å². The topological polar surface area (TPSA) is 66.5 Å². The van der Waals surface area contributed by atoms with Crippen LogP contribution >= 0.6 is 0 Å². The van der Waals surface area contributed by atoms with Gasteiger partial charge >= 0.3 is 6.18 Å². The van der Waals surface area contributed by atoms with Crippen molar-refractivity contribution in [3.63, 3.8) is 0 Å². The molecule has 0 aromatic heterocycles. The summed E-state index contributed by atoms with van der Waals surface area (Å²) in [5.41, 5.74) is -1.05. The van der Waals surface area contributed by atoms with E-state index in [1.807, 2.05) is 0 Å². The maximum Gasteiger partial charge on any atom is 0.416 e. The Kier molecular flexibility index (Phi) is 5.30. The van der Waals surface area contributed by atoms with Gasteiger partial charge in [0.1, 0.15) is 0 Å². The molecule has 9 heteroatoms. The van der Waals surface area contributed by atoms with E-state index in [2.05, 4.69) is 4.72 Å². The third-order valence-electron chi connectivity index (χ3n) is 3.59. The summed E-state index contributed by atoms with van der Waals surface area (Å²) in [6, 6.07) is 3.42. The van der Waals surface area contributed by atoms with Gasteiger partial charge in [-0.3, -0.25) is 4.79 Å². The van der Waals surface area contributed by atoms with Crippen molar-refractivity contribution >= 4 is 15.9 Å². The zero-order chi connectivity index (χ0) is 17.1. The second-order valence-corrected chi connectivity index (χ2v) is 7.06. The Hall–Kier alpha value is -1.61. The van der Waals surface area contributed by atoms with Crippen molar-refractivity contribution in [1.82, 2.24) is 9.62 Å². The van der Waals surface area contributed by atoms with E-state index in [-0.39, 0.29) is 5.91 Å². The van der Waals surface area contributed by atoms with Crippen molar-refractivity contribution in [1.29, 1.82) is 0 Å². The lowest BCUT2D eigenvalue weighted by molar-refractivity contribution is -0.137. The summed E-state index contributed by atoms with van der Waals surface area (Å²) < 4.78 is 64.1. The van der Waals surface area contributed by atoms with Crippen LogP contribution in [-0.2, 0) is 21.0 Å². The van der Waals surface area contributed by atoms with Crippen molar-refractivity contribution in [2.45, 2.75) is 30.3 Å². The van der Waals surface area contributed by atoms with Gasteiger partial charge in [-0.25, -0.2) is 13.1 Å². The van der Waals surface area contributed by atoms with Crippen molar-refractivity contribution in [3.05, 3.63) is 29.8 Å². The number of piperidine rings is 1. The summed E-state index contributed by atoms with van der Waals surface area (Å²) in [6.45, 7) is 0.687. The van der Waals surface area contributed by atoms with Gasteiger partial charge in [-0.15, -0.1) is 0 Å². The van der Waals surface area contributed by atoms with Crippen LogP contribution in [0.1, 0.15) is 24.8 Å². The highest BCUT2D eigenvalue weighted by molar-refractivity contribution is 7.89. The molecule has 0 radical (unpaired) electrons. The number of nitrogens with one attached hydrogen (secondary N) is 1. The number of carbonyl (C=O) groups excluding carboxylic acids is 1. The van der Waals surface area contributed by atoms with Gasteiger partial charge in [0.05, 0.1) is 17.0 Å².